The molecule has 0 aliphatic carbocycles. The van der Waals surface area contributed by atoms with Crippen LogP contribution in [0, 0.1) is 19.8 Å². The Labute approximate surface area is 179 Å². The third kappa shape index (κ3) is 6.59. The van der Waals surface area contributed by atoms with Crippen molar-refractivity contribution in [2.24, 2.45) is 5.92 Å². The maximum Gasteiger partial charge on any atom is 0.238 e. The number of nitrogens with zero attached hydrogens (tertiary/aromatic N) is 1. The summed E-state index contributed by atoms with van der Waals surface area (Å²) in [4.78, 5) is 26.7. The minimum Gasteiger partial charge on any atom is -0.497 e. The van der Waals surface area contributed by atoms with E-state index in [9.17, 15) is 9.59 Å². The number of methoxy groups -OCH3 is 1. The van der Waals surface area contributed by atoms with E-state index < -0.39 is 0 Å². The quantitative estimate of drug-likeness (QED) is 0.660. The van der Waals surface area contributed by atoms with E-state index in [-0.39, 0.29) is 36.9 Å². The topological polar surface area (TPSA) is 70.7 Å². The van der Waals surface area contributed by atoms with Crippen LogP contribution in [0.4, 0.5) is 5.69 Å². The molecule has 0 aliphatic heterocycles. The smallest absolute Gasteiger partial charge is 0.238 e. The molecule has 1 unspecified atom stereocenters. The first-order chi connectivity index (χ1) is 14.2. The Morgan fingerprint density at radius 2 is 1.53 bits per heavy atom. The van der Waals surface area contributed by atoms with Crippen LogP contribution in [0.25, 0.3) is 0 Å². The lowest BCUT2D eigenvalue weighted by Gasteiger charge is -2.25. The van der Waals surface area contributed by atoms with Gasteiger partial charge >= 0.3 is 0 Å². The number of para-hydroxylation sites is 1. The molecule has 0 aliphatic rings. The van der Waals surface area contributed by atoms with Crippen LogP contribution in [0.1, 0.15) is 36.6 Å². The van der Waals surface area contributed by atoms with E-state index in [1.54, 1.807) is 19.1 Å². The Morgan fingerprint density at radius 3 is 2.07 bits per heavy atom. The van der Waals surface area contributed by atoms with E-state index >= 15 is 0 Å². The fourth-order valence-corrected chi connectivity index (χ4v) is 3.40. The largest absolute Gasteiger partial charge is 0.497 e. The van der Waals surface area contributed by atoms with Crippen molar-refractivity contribution in [1.82, 2.24) is 10.2 Å². The van der Waals surface area contributed by atoms with Crippen molar-refractivity contribution in [2.45, 2.75) is 33.7 Å². The van der Waals surface area contributed by atoms with Crippen molar-refractivity contribution in [3.63, 3.8) is 0 Å². The molecule has 0 aromatic heterocycles. The van der Waals surface area contributed by atoms with Crippen LogP contribution < -0.4 is 15.4 Å². The second-order valence-electron chi connectivity index (χ2n) is 8.05. The number of anilines is 1. The monoisotopic (exact) mass is 411 g/mol. The Hall–Kier alpha value is -2.86. The third-order valence-electron chi connectivity index (χ3n) is 5.03. The standard InChI is InChI=1S/C24H33N3O3/c1-16(2)23(19-10-12-20(30-6)13-11-19)25-21(28)14-27(5)15-22(29)26-24-17(3)8-7-9-18(24)4/h7-13,16,23H,14-15H2,1-6H3,(H,25,28)(H,26,29). The highest BCUT2D eigenvalue weighted by Gasteiger charge is 2.20. The van der Waals surface area contributed by atoms with Crippen molar-refractivity contribution >= 4 is 17.5 Å². The predicted molar refractivity (Wildman–Crippen MR) is 121 cm³/mol. The maximum absolute atomic E-state index is 12.6. The first kappa shape index (κ1) is 23.4. The molecule has 162 valence electrons. The number of hydrogen-bond acceptors (Lipinski definition) is 4. The minimum absolute atomic E-state index is 0.111. The van der Waals surface area contributed by atoms with E-state index in [2.05, 4.69) is 24.5 Å². The molecule has 0 fully saturated rings. The summed E-state index contributed by atoms with van der Waals surface area (Å²) >= 11 is 0. The van der Waals surface area contributed by atoms with E-state index in [1.165, 1.54) is 0 Å². The summed E-state index contributed by atoms with van der Waals surface area (Å²) in [5, 5.41) is 6.04. The van der Waals surface area contributed by atoms with Crippen LogP contribution in [0.2, 0.25) is 0 Å². The van der Waals surface area contributed by atoms with Gasteiger partial charge < -0.3 is 15.4 Å². The minimum atomic E-state index is -0.140. The van der Waals surface area contributed by atoms with Gasteiger partial charge in [-0.2, -0.15) is 0 Å². The summed E-state index contributed by atoms with van der Waals surface area (Å²) in [6.07, 6.45) is 0. The molecule has 0 bridgehead atoms. The number of nitrogens with one attached hydrogen (secondary N) is 2. The molecule has 0 saturated heterocycles. The summed E-state index contributed by atoms with van der Waals surface area (Å²) in [7, 11) is 3.39. The predicted octanol–water partition coefficient (Wildman–Crippen LogP) is 3.70. The highest BCUT2D eigenvalue weighted by Crippen LogP contribution is 2.24. The van der Waals surface area contributed by atoms with Gasteiger partial charge in [0.25, 0.3) is 0 Å². The zero-order valence-electron chi connectivity index (χ0n) is 18.8. The molecule has 0 radical (unpaired) electrons. The molecule has 0 heterocycles. The van der Waals surface area contributed by atoms with Crippen molar-refractivity contribution in [3.8, 4) is 5.75 Å². The number of likely N-dealkylation sites (N-methyl/N-ethyl adjacent to an activating group) is 1. The van der Waals surface area contributed by atoms with Crippen LogP contribution in [-0.2, 0) is 9.59 Å². The average Bonchev–Trinajstić information content (AvgIpc) is 2.69. The number of rotatable bonds is 9. The van der Waals surface area contributed by atoms with Crippen LogP contribution in [0.3, 0.4) is 0 Å². The molecule has 0 saturated carbocycles. The van der Waals surface area contributed by atoms with Gasteiger partial charge in [0.15, 0.2) is 0 Å². The van der Waals surface area contributed by atoms with Crippen molar-refractivity contribution < 1.29 is 14.3 Å². The molecule has 1 atom stereocenters. The van der Waals surface area contributed by atoms with Crippen molar-refractivity contribution in [2.75, 3.05) is 32.6 Å². The van der Waals surface area contributed by atoms with Crippen molar-refractivity contribution in [3.05, 3.63) is 59.2 Å². The lowest BCUT2D eigenvalue weighted by Crippen LogP contribution is -2.41. The van der Waals surface area contributed by atoms with Gasteiger partial charge in [-0.3, -0.25) is 14.5 Å². The van der Waals surface area contributed by atoms with Crippen molar-refractivity contribution in [1.29, 1.82) is 0 Å². The van der Waals surface area contributed by atoms with Gasteiger partial charge in [0.2, 0.25) is 11.8 Å². The highest BCUT2D eigenvalue weighted by atomic mass is 16.5. The van der Waals surface area contributed by atoms with Gasteiger partial charge in [0, 0.05) is 5.69 Å². The molecule has 2 rings (SSSR count). The molecule has 2 N–H and O–H groups in total. The first-order valence-corrected chi connectivity index (χ1v) is 10.2. The van der Waals surface area contributed by atoms with E-state index in [0.717, 1.165) is 28.1 Å². The first-order valence-electron chi connectivity index (χ1n) is 10.2. The normalized spacial score (nSPS) is 12.0. The molecule has 6 nitrogen and oxygen atoms in total. The Balaban J connectivity index is 1.92. The SMILES string of the molecule is COc1ccc(C(NC(=O)CN(C)CC(=O)Nc2c(C)cccc2C)C(C)C)cc1. The lowest BCUT2D eigenvalue weighted by atomic mass is 9.96. The van der Waals surface area contributed by atoms with E-state index in [1.807, 2.05) is 56.3 Å². The van der Waals surface area contributed by atoms with Crippen LogP contribution in [-0.4, -0.2) is 44.0 Å². The molecule has 6 heteroatoms. The Bertz CT molecular complexity index is 842. The van der Waals surface area contributed by atoms with Gasteiger partial charge in [-0.15, -0.1) is 0 Å². The maximum atomic E-state index is 12.6. The zero-order valence-corrected chi connectivity index (χ0v) is 18.8. The van der Waals surface area contributed by atoms with Crippen LogP contribution in [0.15, 0.2) is 42.5 Å². The van der Waals surface area contributed by atoms with E-state index in [4.69, 9.17) is 4.74 Å². The van der Waals surface area contributed by atoms with Crippen LogP contribution in [0.5, 0.6) is 5.75 Å². The summed E-state index contributed by atoms with van der Waals surface area (Å²) in [5.41, 5.74) is 3.89. The molecule has 2 aromatic carbocycles. The number of aryl methyl sites for hydroxylation is 2. The molecular formula is C24H33N3O3. The number of benzene rings is 2. The number of ether oxygens (including phenoxy) is 1. The average molecular weight is 412 g/mol. The Morgan fingerprint density at radius 1 is 0.967 bits per heavy atom. The number of carbonyl (C=O) groups excluding carboxylic acids is 2. The van der Waals surface area contributed by atoms with Gasteiger partial charge in [-0.1, -0.05) is 44.2 Å². The van der Waals surface area contributed by atoms with Gasteiger partial charge in [0.05, 0.1) is 26.2 Å². The summed E-state index contributed by atoms with van der Waals surface area (Å²) in [5.74, 6) is 0.743. The molecular weight excluding hydrogens is 378 g/mol. The second-order valence-corrected chi connectivity index (χ2v) is 8.05. The van der Waals surface area contributed by atoms with Crippen LogP contribution >= 0.6 is 0 Å². The summed E-state index contributed by atoms with van der Waals surface area (Å²) < 4.78 is 5.21. The molecule has 30 heavy (non-hydrogen) atoms. The molecule has 2 aromatic rings. The fourth-order valence-electron chi connectivity index (χ4n) is 3.40. The number of carbonyl (C=O) groups is 2. The Kier molecular flexibility index (Phi) is 8.42. The number of amides is 2. The number of hydrogen-bond donors (Lipinski definition) is 2. The molecule has 2 amide bonds. The second kappa shape index (κ2) is 10.8. The fraction of sp³-hybridized carbons (Fsp3) is 0.417. The highest BCUT2D eigenvalue weighted by molar-refractivity contribution is 5.94. The summed E-state index contributed by atoms with van der Waals surface area (Å²) in [6, 6.07) is 13.5. The molecule has 0 spiro atoms. The lowest BCUT2D eigenvalue weighted by molar-refractivity contribution is -0.123. The third-order valence-corrected chi connectivity index (χ3v) is 5.03. The summed E-state index contributed by atoms with van der Waals surface area (Å²) in [6.45, 7) is 8.33. The van der Waals surface area contributed by atoms with Gasteiger partial charge in [-0.25, -0.2) is 0 Å². The van der Waals surface area contributed by atoms with E-state index in [0.29, 0.717) is 0 Å². The van der Waals surface area contributed by atoms with Gasteiger partial charge in [0.1, 0.15) is 5.75 Å². The zero-order chi connectivity index (χ0) is 22.3. The van der Waals surface area contributed by atoms with Gasteiger partial charge in [-0.05, 0) is 55.6 Å².